The smallest absolute Gasteiger partial charge is 0.0742 e. The van der Waals surface area contributed by atoms with Crippen LogP contribution in [0.3, 0.4) is 0 Å². The molecule has 2 aliphatic rings. The van der Waals surface area contributed by atoms with Gasteiger partial charge in [0.25, 0.3) is 0 Å². The summed E-state index contributed by atoms with van der Waals surface area (Å²) in [6.07, 6.45) is 3.14. The molecule has 0 aromatic rings. The standard InChI is InChI=1S/C9H17NO2/c1-10-6-3-7(11)5-8(10)9(4-6)12-2/h6-9,11H,3-5H2,1-2H3/t6-,7-,8+,9+/m0/s1. The summed E-state index contributed by atoms with van der Waals surface area (Å²) in [5, 5.41) is 9.54. The number of hydrogen-bond acceptors (Lipinski definition) is 3. The second kappa shape index (κ2) is 2.98. The summed E-state index contributed by atoms with van der Waals surface area (Å²) >= 11 is 0. The number of aliphatic hydroxyl groups is 1. The van der Waals surface area contributed by atoms with Gasteiger partial charge in [0.2, 0.25) is 0 Å². The summed E-state index contributed by atoms with van der Waals surface area (Å²) < 4.78 is 5.39. The van der Waals surface area contributed by atoms with Crippen LogP contribution in [0, 0.1) is 0 Å². The van der Waals surface area contributed by atoms with Crippen molar-refractivity contribution in [2.24, 2.45) is 0 Å². The maximum Gasteiger partial charge on any atom is 0.0742 e. The molecule has 2 aliphatic heterocycles. The van der Waals surface area contributed by atoms with Gasteiger partial charge in [0.1, 0.15) is 0 Å². The van der Waals surface area contributed by atoms with E-state index in [2.05, 4.69) is 11.9 Å². The lowest BCUT2D eigenvalue weighted by atomic mass is 10.0. The van der Waals surface area contributed by atoms with Gasteiger partial charge in [-0.25, -0.2) is 0 Å². The Kier molecular flexibility index (Phi) is 2.10. The van der Waals surface area contributed by atoms with E-state index in [-0.39, 0.29) is 6.10 Å². The molecule has 2 rings (SSSR count). The van der Waals surface area contributed by atoms with Crippen molar-refractivity contribution in [1.82, 2.24) is 4.90 Å². The molecule has 0 spiro atoms. The van der Waals surface area contributed by atoms with Gasteiger partial charge in [-0.3, -0.25) is 4.90 Å². The molecule has 0 aromatic heterocycles. The third-order valence-corrected chi connectivity index (χ3v) is 3.39. The number of fused-ring (bicyclic) bond motifs is 2. The number of ether oxygens (including phenoxy) is 1. The van der Waals surface area contributed by atoms with Crippen molar-refractivity contribution in [3.05, 3.63) is 0 Å². The first-order valence-corrected chi connectivity index (χ1v) is 4.65. The van der Waals surface area contributed by atoms with E-state index >= 15 is 0 Å². The van der Waals surface area contributed by atoms with Crippen LogP contribution in [-0.2, 0) is 4.74 Å². The van der Waals surface area contributed by atoms with Crippen molar-refractivity contribution in [3.8, 4) is 0 Å². The highest BCUT2D eigenvalue weighted by Gasteiger charge is 2.44. The molecule has 0 unspecified atom stereocenters. The molecular formula is C9H17NO2. The molecule has 0 aliphatic carbocycles. The lowest BCUT2D eigenvalue weighted by molar-refractivity contribution is 0.0151. The maximum atomic E-state index is 9.54. The third-order valence-electron chi connectivity index (χ3n) is 3.39. The average Bonchev–Trinajstić information content (AvgIpc) is 2.27. The zero-order valence-corrected chi connectivity index (χ0v) is 7.73. The molecule has 0 amide bonds. The molecule has 3 heteroatoms. The normalized spacial score (nSPS) is 48.2. The Morgan fingerprint density at radius 1 is 1.33 bits per heavy atom. The second-order valence-electron chi connectivity index (χ2n) is 4.02. The van der Waals surface area contributed by atoms with Gasteiger partial charge in [0.15, 0.2) is 0 Å². The lowest BCUT2D eigenvalue weighted by Crippen LogP contribution is -2.44. The molecule has 70 valence electrons. The molecule has 2 saturated heterocycles. The Hall–Kier alpha value is -0.120. The highest BCUT2D eigenvalue weighted by Crippen LogP contribution is 2.35. The lowest BCUT2D eigenvalue weighted by Gasteiger charge is -2.34. The van der Waals surface area contributed by atoms with Gasteiger partial charge in [-0.2, -0.15) is 0 Å². The summed E-state index contributed by atoms with van der Waals surface area (Å²) in [7, 11) is 3.91. The van der Waals surface area contributed by atoms with E-state index in [1.54, 1.807) is 7.11 Å². The fourth-order valence-corrected chi connectivity index (χ4v) is 2.65. The topological polar surface area (TPSA) is 32.7 Å². The number of aliphatic hydroxyl groups excluding tert-OH is 1. The molecule has 3 nitrogen and oxygen atoms in total. The number of nitrogens with zero attached hydrogens (tertiary/aromatic N) is 1. The quantitative estimate of drug-likeness (QED) is 0.613. The Morgan fingerprint density at radius 3 is 2.75 bits per heavy atom. The van der Waals surface area contributed by atoms with Gasteiger partial charge in [0.05, 0.1) is 12.2 Å². The molecule has 2 fully saturated rings. The predicted octanol–water partition coefficient (Wildman–Crippen LogP) is 0.229. The minimum absolute atomic E-state index is 0.101. The summed E-state index contributed by atoms with van der Waals surface area (Å²) in [6, 6.07) is 0.993. The average molecular weight is 171 g/mol. The van der Waals surface area contributed by atoms with E-state index in [9.17, 15) is 5.11 Å². The minimum Gasteiger partial charge on any atom is -0.393 e. The van der Waals surface area contributed by atoms with Gasteiger partial charge < -0.3 is 9.84 Å². The van der Waals surface area contributed by atoms with Gasteiger partial charge in [-0.05, 0) is 26.3 Å². The Bertz CT molecular complexity index is 174. The summed E-state index contributed by atoms with van der Waals surface area (Å²) in [5.41, 5.74) is 0. The number of likely N-dealkylation sites (N-methyl/N-ethyl adjacent to an activating group) is 1. The van der Waals surface area contributed by atoms with Gasteiger partial charge >= 0.3 is 0 Å². The van der Waals surface area contributed by atoms with Crippen molar-refractivity contribution >= 4 is 0 Å². The molecular weight excluding hydrogens is 154 g/mol. The van der Waals surface area contributed by atoms with E-state index in [1.165, 1.54) is 0 Å². The van der Waals surface area contributed by atoms with Crippen LogP contribution in [0.25, 0.3) is 0 Å². The summed E-state index contributed by atoms with van der Waals surface area (Å²) in [4.78, 5) is 2.36. The number of methoxy groups -OCH3 is 1. The second-order valence-corrected chi connectivity index (χ2v) is 4.02. The first-order chi connectivity index (χ1) is 5.72. The first-order valence-electron chi connectivity index (χ1n) is 4.65. The maximum absolute atomic E-state index is 9.54. The zero-order valence-electron chi connectivity index (χ0n) is 7.73. The van der Waals surface area contributed by atoms with Crippen LogP contribution in [0.15, 0.2) is 0 Å². The monoisotopic (exact) mass is 171 g/mol. The van der Waals surface area contributed by atoms with Crippen molar-refractivity contribution < 1.29 is 9.84 Å². The van der Waals surface area contributed by atoms with Crippen LogP contribution >= 0.6 is 0 Å². The van der Waals surface area contributed by atoms with Crippen LogP contribution in [-0.4, -0.2) is 48.5 Å². The van der Waals surface area contributed by atoms with Crippen molar-refractivity contribution in [1.29, 1.82) is 0 Å². The molecule has 0 radical (unpaired) electrons. The van der Waals surface area contributed by atoms with E-state index in [4.69, 9.17) is 4.74 Å². The highest BCUT2D eigenvalue weighted by molar-refractivity contribution is 4.99. The molecule has 0 saturated carbocycles. The number of rotatable bonds is 1. The SMILES string of the molecule is CO[C@@H]1C[C@@H]2C[C@H](O)C[C@H]1N2C. The van der Waals surface area contributed by atoms with E-state index in [0.29, 0.717) is 18.2 Å². The zero-order chi connectivity index (χ0) is 8.72. The van der Waals surface area contributed by atoms with Crippen molar-refractivity contribution in [3.63, 3.8) is 0 Å². The fraction of sp³-hybridized carbons (Fsp3) is 1.00. The van der Waals surface area contributed by atoms with Crippen LogP contribution in [0.1, 0.15) is 19.3 Å². The van der Waals surface area contributed by atoms with Crippen LogP contribution < -0.4 is 0 Å². The van der Waals surface area contributed by atoms with Crippen LogP contribution in [0.2, 0.25) is 0 Å². The molecule has 12 heavy (non-hydrogen) atoms. The third kappa shape index (κ3) is 1.16. The Morgan fingerprint density at radius 2 is 2.08 bits per heavy atom. The van der Waals surface area contributed by atoms with Crippen molar-refractivity contribution in [2.45, 2.75) is 43.6 Å². The predicted molar refractivity (Wildman–Crippen MR) is 46.0 cm³/mol. The molecule has 2 bridgehead atoms. The van der Waals surface area contributed by atoms with Crippen molar-refractivity contribution in [2.75, 3.05) is 14.2 Å². The minimum atomic E-state index is -0.101. The van der Waals surface area contributed by atoms with Crippen LogP contribution in [0.5, 0.6) is 0 Å². The highest BCUT2D eigenvalue weighted by atomic mass is 16.5. The van der Waals surface area contributed by atoms with Gasteiger partial charge in [-0.15, -0.1) is 0 Å². The van der Waals surface area contributed by atoms with E-state index in [0.717, 1.165) is 19.3 Å². The fourth-order valence-electron chi connectivity index (χ4n) is 2.65. The Balaban J connectivity index is 2.11. The molecule has 1 N–H and O–H groups in total. The van der Waals surface area contributed by atoms with E-state index in [1.807, 2.05) is 0 Å². The molecule has 2 heterocycles. The van der Waals surface area contributed by atoms with Gasteiger partial charge in [-0.1, -0.05) is 0 Å². The molecule has 4 atom stereocenters. The van der Waals surface area contributed by atoms with E-state index < -0.39 is 0 Å². The summed E-state index contributed by atoms with van der Waals surface area (Å²) in [6.45, 7) is 0. The Labute approximate surface area is 73.3 Å². The number of piperidine rings is 1. The largest absolute Gasteiger partial charge is 0.393 e. The molecule has 0 aromatic carbocycles. The van der Waals surface area contributed by atoms with Gasteiger partial charge in [0, 0.05) is 19.2 Å². The number of hydrogen-bond donors (Lipinski definition) is 1. The summed E-state index contributed by atoms with van der Waals surface area (Å²) in [5.74, 6) is 0. The van der Waals surface area contributed by atoms with Crippen LogP contribution in [0.4, 0.5) is 0 Å². The first kappa shape index (κ1) is 8.48.